The van der Waals surface area contributed by atoms with Crippen LogP contribution in [0, 0.1) is 0 Å². The second-order valence-corrected chi connectivity index (χ2v) is 10.1. The third kappa shape index (κ3) is 9.06. The topological polar surface area (TPSA) is 119 Å². The fraction of sp³-hybridized carbons (Fsp3) is 0.700. The fourth-order valence-electron chi connectivity index (χ4n) is 1.00. The van der Waals surface area contributed by atoms with Crippen molar-refractivity contribution in [1.29, 1.82) is 0 Å². The lowest BCUT2D eigenvalue weighted by atomic mass is 10.6. The van der Waals surface area contributed by atoms with Crippen LogP contribution in [0.15, 0.2) is 5.16 Å². The molecule has 0 aliphatic carbocycles. The average molecular weight is 420 g/mol. The highest BCUT2D eigenvalue weighted by molar-refractivity contribution is 8.15. The summed E-state index contributed by atoms with van der Waals surface area (Å²) in [4.78, 5) is 29.0. The van der Waals surface area contributed by atoms with E-state index in [-0.39, 0.29) is 17.2 Å². The molecule has 0 aromatic rings. The van der Waals surface area contributed by atoms with Gasteiger partial charge in [0, 0.05) is 28.3 Å². The Labute approximate surface area is 152 Å². The molecule has 0 aliphatic heterocycles. The van der Waals surface area contributed by atoms with Gasteiger partial charge < -0.3 is 19.3 Å². The Bertz CT molecular complexity index is 537. The molecular weight excluding hydrogens is 399 g/mol. The van der Waals surface area contributed by atoms with Crippen molar-refractivity contribution in [2.75, 3.05) is 46.7 Å². The molecular formula is C10H21N4O6PS3. The molecule has 24 heavy (non-hydrogen) atoms. The van der Waals surface area contributed by atoms with Gasteiger partial charge in [0.1, 0.15) is 16.9 Å². The van der Waals surface area contributed by atoms with E-state index >= 15 is 0 Å². The predicted molar refractivity (Wildman–Crippen MR) is 98.6 cm³/mol. The molecule has 14 heteroatoms. The Balaban J connectivity index is 4.33. The lowest BCUT2D eigenvalue weighted by molar-refractivity contribution is -0.121. The zero-order valence-electron chi connectivity index (χ0n) is 13.9. The number of amides is 2. The molecule has 0 fully saturated rings. The minimum absolute atomic E-state index is 0.00952. The van der Waals surface area contributed by atoms with Gasteiger partial charge in [-0.25, -0.2) is 13.7 Å². The van der Waals surface area contributed by atoms with Gasteiger partial charge in [0.25, 0.3) is 5.91 Å². The summed E-state index contributed by atoms with van der Waals surface area (Å²) in [5.74, 6) is -0.640. The first-order valence-corrected chi connectivity index (χ1v) is 11.7. The molecule has 0 saturated carbocycles. The van der Waals surface area contributed by atoms with Crippen LogP contribution >= 0.6 is 18.3 Å². The van der Waals surface area contributed by atoms with E-state index in [1.165, 1.54) is 19.1 Å². The molecule has 0 heterocycles. The van der Waals surface area contributed by atoms with E-state index in [0.717, 1.165) is 11.8 Å². The second kappa shape index (κ2) is 11.9. The highest BCUT2D eigenvalue weighted by Gasteiger charge is 2.17. The number of hydrogen-bond acceptors (Lipinski definition) is 9. The van der Waals surface area contributed by atoms with Gasteiger partial charge in [0.2, 0.25) is 11.5 Å². The molecule has 0 saturated heterocycles. The highest BCUT2D eigenvalue weighted by Crippen LogP contribution is 2.45. The molecule has 0 radical (unpaired) electrons. The molecule has 140 valence electrons. The van der Waals surface area contributed by atoms with Crippen LogP contribution in [0.2, 0.25) is 0 Å². The fourth-order valence-corrected chi connectivity index (χ4v) is 3.91. The van der Waals surface area contributed by atoms with E-state index in [1.807, 2.05) is 0 Å². The minimum Gasteiger partial charge on any atom is -0.343 e. The lowest BCUT2D eigenvalue weighted by Crippen LogP contribution is -2.33. The summed E-state index contributed by atoms with van der Waals surface area (Å²) in [6.45, 7) is -2.51. The molecule has 1 unspecified atom stereocenters. The van der Waals surface area contributed by atoms with Crippen LogP contribution in [0.5, 0.6) is 0 Å². The van der Waals surface area contributed by atoms with Gasteiger partial charge in [-0.2, -0.15) is 0 Å². The van der Waals surface area contributed by atoms with Crippen LogP contribution in [0.4, 0.5) is 4.79 Å². The standard InChI is InChI=1S/C10H21N4O6PS3/c1-14(2)9(15)8(23-5)13-20-10(16)11-7-24(17)12-6-21(22,18-3)19-4/h12H,6-7H2,1-5H3,(H,11,16). The molecule has 0 aromatic carbocycles. The van der Waals surface area contributed by atoms with Gasteiger partial charge in [-0.15, -0.1) is 11.8 Å². The zero-order chi connectivity index (χ0) is 18.8. The van der Waals surface area contributed by atoms with E-state index in [0.29, 0.717) is 0 Å². The van der Waals surface area contributed by atoms with Gasteiger partial charge in [-0.1, -0.05) is 5.16 Å². The third-order valence-electron chi connectivity index (χ3n) is 2.32. The molecule has 1 atom stereocenters. The van der Waals surface area contributed by atoms with Crippen molar-refractivity contribution in [2.24, 2.45) is 5.16 Å². The molecule has 0 spiro atoms. The van der Waals surface area contributed by atoms with Gasteiger partial charge in [-0.3, -0.25) is 9.63 Å². The van der Waals surface area contributed by atoms with Crippen LogP contribution in [-0.4, -0.2) is 72.9 Å². The summed E-state index contributed by atoms with van der Waals surface area (Å²) < 4.78 is 24.3. The van der Waals surface area contributed by atoms with Gasteiger partial charge in [-0.05, 0) is 18.1 Å². The summed E-state index contributed by atoms with van der Waals surface area (Å²) in [6, 6.07) is 0. The van der Waals surface area contributed by atoms with Crippen LogP contribution in [0.1, 0.15) is 0 Å². The zero-order valence-corrected chi connectivity index (χ0v) is 17.3. The third-order valence-corrected chi connectivity index (χ3v) is 6.98. The maximum absolute atomic E-state index is 11.7. The minimum atomic E-state index is -2.51. The van der Waals surface area contributed by atoms with E-state index in [1.54, 1.807) is 20.4 Å². The van der Waals surface area contributed by atoms with Crippen molar-refractivity contribution < 1.29 is 27.7 Å². The van der Waals surface area contributed by atoms with Crippen molar-refractivity contribution in [3.63, 3.8) is 0 Å². The Morgan fingerprint density at radius 3 is 2.38 bits per heavy atom. The number of carbonyl (C=O) groups is 2. The smallest absolute Gasteiger partial charge is 0.343 e. The van der Waals surface area contributed by atoms with Crippen molar-refractivity contribution in [3.8, 4) is 0 Å². The molecule has 0 aliphatic rings. The van der Waals surface area contributed by atoms with Crippen molar-refractivity contribution >= 4 is 58.1 Å². The first-order valence-electron chi connectivity index (χ1n) is 6.30. The second-order valence-electron chi connectivity index (χ2n) is 4.12. The summed E-state index contributed by atoms with van der Waals surface area (Å²) in [5.41, 5.74) is 0. The SMILES string of the molecule is COP(=S)(CNS(=O)CNC(=O)ON=C(SC)C(=O)N(C)C)OC. The van der Waals surface area contributed by atoms with Crippen LogP contribution in [0.25, 0.3) is 0 Å². The van der Waals surface area contributed by atoms with Crippen molar-refractivity contribution in [3.05, 3.63) is 0 Å². The number of nitrogens with zero attached hydrogens (tertiary/aromatic N) is 2. The first-order chi connectivity index (χ1) is 11.2. The maximum Gasteiger partial charge on any atom is 0.434 e. The Morgan fingerprint density at radius 1 is 1.33 bits per heavy atom. The maximum atomic E-state index is 11.7. The van der Waals surface area contributed by atoms with Crippen molar-refractivity contribution in [2.45, 2.75) is 0 Å². The van der Waals surface area contributed by atoms with Gasteiger partial charge >= 0.3 is 6.09 Å². The quantitative estimate of drug-likeness (QED) is 0.189. The number of rotatable bonds is 8. The summed E-state index contributed by atoms with van der Waals surface area (Å²) in [5, 5.41) is 5.70. The number of hydrogen-bond donors (Lipinski definition) is 2. The molecule has 0 rings (SSSR count). The van der Waals surface area contributed by atoms with E-state index in [4.69, 9.17) is 20.9 Å². The predicted octanol–water partition coefficient (Wildman–Crippen LogP) is 0.248. The summed E-state index contributed by atoms with van der Waals surface area (Å²) in [7, 11) is 4.29. The van der Waals surface area contributed by atoms with Gasteiger partial charge in [0.15, 0.2) is 0 Å². The van der Waals surface area contributed by atoms with Crippen LogP contribution in [0.3, 0.4) is 0 Å². The summed E-state index contributed by atoms with van der Waals surface area (Å²) in [6.07, 6.45) is 0.752. The Morgan fingerprint density at radius 2 is 1.92 bits per heavy atom. The normalized spacial score (nSPS) is 13.3. The van der Waals surface area contributed by atoms with E-state index in [9.17, 15) is 13.8 Å². The molecule has 2 N–H and O–H groups in total. The number of carbonyl (C=O) groups excluding carboxylic acids is 2. The van der Waals surface area contributed by atoms with Crippen molar-refractivity contribution in [1.82, 2.24) is 14.9 Å². The van der Waals surface area contributed by atoms with Gasteiger partial charge in [0.05, 0.1) is 6.29 Å². The molecule has 2 amide bonds. The first kappa shape index (κ1) is 23.4. The monoisotopic (exact) mass is 420 g/mol. The average Bonchev–Trinajstić information content (AvgIpc) is 2.57. The van der Waals surface area contributed by atoms with E-state index < -0.39 is 29.5 Å². The van der Waals surface area contributed by atoms with Crippen LogP contribution < -0.4 is 10.0 Å². The molecule has 0 aromatic heterocycles. The lowest BCUT2D eigenvalue weighted by Gasteiger charge is -2.17. The van der Waals surface area contributed by atoms with E-state index in [2.05, 4.69) is 20.0 Å². The highest BCUT2D eigenvalue weighted by atomic mass is 32.5. The molecule has 10 nitrogen and oxygen atoms in total. The number of thioether (sulfide) groups is 1. The number of oxime groups is 1. The Kier molecular flexibility index (Phi) is 11.6. The largest absolute Gasteiger partial charge is 0.434 e. The van der Waals surface area contributed by atoms with Crippen LogP contribution in [-0.2, 0) is 41.5 Å². The Hall–Kier alpha value is -0.560. The number of nitrogens with one attached hydrogen (secondary N) is 2. The molecule has 0 bridgehead atoms. The summed E-state index contributed by atoms with van der Waals surface area (Å²) >= 11 is 6.12.